The van der Waals surface area contributed by atoms with Gasteiger partial charge in [0.1, 0.15) is 0 Å². The van der Waals surface area contributed by atoms with Gasteiger partial charge in [0, 0.05) is 25.4 Å². The van der Waals surface area contributed by atoms with Crippen LogP contribution in [0, 0.1) is 0 Å². The molecule has 96 valence electrons. The van der Waals surface area contributed by atoms with Gasteiger partial charge in [0.2, 0.25) is 6.43 Å². The second-order valence-corrected chi connectivity index (χ2v) is 4.09. The number of rotatable bonds is 6. The third-order valence-electron chi connectivity index (χ3n) is 2.64. The Bertz CT molecular complexity index is 502. The van der Waals surface area contributed by atoms with Gasteiger partial charge < -0.3 is 5.32 Å². The Hall–Kier alpha value is -1.62. The van der Waals surface area contributed by atoms with Crippen molar-refractivity contribution in [1.82, 2.24) is 15.3 Å². The Morgan fingerprint density at radius 2 is 1.89 bits per heavy atom. The average Bonchev–Trinajstić information content (AvgIpc) is 2.38. The zero-order valence-electron chi connectivity index (χ0n) is 9.94. The van der Waals surface area contributed by atoms with Gasteiger partial charge in [0.25, 0.3) is 0 Å². The van der Waals surface area contributed by atoms with Crippen molar-refractivity contribution < 1.29 is 8.78 Å². The quantitative estimate of drug-likeness (QED) is 0.802. The third-order valence-corrected chi connectivity index (χ3v) is 2.64. The van der Waals surface area contributed by atoms with E-state index in [1.807, 2.05) is 18.2 Å². The molecule has 0 spiro atoms. The molecule has 0 radical (unpaired) electrons. The van der Waals surface area contributed by atoms with Gasteiger partial charge in [-0.2, -0.15) is 0 Å². The normalized spacial score (nSPS) is 11.3. The van der Waals surface area contributed by atoms with Crippen LogP contribution < -0.4 is 5.32 Å². The third kappa shape index (κ3) is 3.70. The zero-order valence-corrected chi connectivity index (χ0v) is 9.94. The molecule has 0 bridgehead atoms. The van der Waals surface area contributed by atoms with E-state index < -0.39 is 6.43 Å². The van der Waals surface area contributed by atoms with Crippen molar-refractivity contribution >= 4 is 11.0 Å². The van der Waals surface area contributed by atoms with Crippen LogP contribution in [0.3, 0.4) is 0 Å². The van der Waals surface area contributed by atoms with Crippen LogP contribution in [0.5, 0.6) is 0 Å². The smallest absolute Gasteiger partial charge is 0.238 e. The maximum absolute atomic E-state index is 11.9. The van der Waals surface area contributed by atoms with Crippen molar-refractivity contribution in [3.63, 3.8) is 0 Å². The van der Waals surface area contributed by atoms with Crippen LogP contribution in [0.2, 0.25) is 0 Å². The number of hydrogen-bond donors (Lipinski definition) is 1. The highest BCUT2D eigenvalue weighted by molar-refractivity contribution is 5.74. The van der Waals surface area contributed by atoms with Crippen LogP contribution in [-0.2, 0) is 6.54 Å². The summed E-state index contributed by atoms with van der Waals surface area (Å²) in [4.78, 5) is 8.41. The summed E-state index contributed by atoms with van der Waals surface area (Å²) in [6.07, 6.45) is 1.55. The number of halogens is 2. The van der Waals surface area contributed by atoms with Crippen LogP contribution in [0.1, 0.15) is 18.4 Å². The summed E-state index contributed by atoms with van der Waals surface area (Å²) >= 11 is 0. The maximum Gasteiger partial charge on any atom is 0.238 e. The maximum atomic E-state index is 11.9. The average molecular weight is 251 g/mol. The van der Waals surface area contributed by atoms with Crippen molar-refractivity contribution in [2.24, 2.45) is 0 Å². The molecule has 0 aliphatic heterocycles. The lowest BCUT2D eigenvalue weighted by Gasteiger charge is -2.05. The standard InChI is InChI=1S/C13H15F2N3/c14-13(15)2-1-5-16-9-10-3-4-11-12(8-10)18-7-6-17-11/h3-4,6-8,13,16H,1-2,5,9H2. The molecule has 0 aliphatic rings. The van der Waals surface area contributed by atoms with Crippen LogP contribution >= 0.6 is 0 Å². The first kappa shape index (κ1) is 12.8. The molecule has 0 saturated carbocycles. The predicted octanol–water partition coefficient (Wildman–Crippen LogP) is 2.76. The number of aromatic nitrogens is 2. The minimum absolute atomic E-state index is 0.0454. The Labute approximate surface area is 104 Å². The molecular weight excluding hydrogens is 236 g/mol. The molecule has 1 N–H and O–H groups in total. The highest BCUT2D eigenvalue weighted by atomic mass is 19.3. The summed E-state index contributed by atoms with van der Waals surface area (Å²) < 4.78 is 23.8. The summed E-state index contributed by atoms with van der Waals surface area (Å²) in [6, 6.07) is 5.85. The molecule has 5 heteroatoms. The molecule has 0 atom stereocenters. The first-order valence-corrected chi connectivity index (χ1v) is 5.94. The SMILES string of the molecule is FC(F)CCCNCc1ccc2nccnc2c1. The van der Waals surface area contributed by atoms with Gasteiger partial charge >= 0.3 is 0 Å². The number of hydrogen-bond acceptors (Lipinski definition) is 3. The number of nitrogens with one attached hydrogen (secondary N) is 1. The van der Waals surface area contributed by atoms with E-state index in [0.717, 1.165) is 16.6 Å². The van der Waals surface area contributed by atoms with Crippen molar-refractivity contribution in [2.75, 3.05) is 6.54 Å². The largest absolute Gasteiger partial charge is 0.313 e. The molecule has 1 aromatic carbocycles. The molecule has 0 aliphatic carbocycles. The van der Waals surface area contributed by atoms with Crippen LogP contribution in [0.15, 0.2) is 30.6 Å². The van der Waals surface area contributed by atoms with Crippen molar-refractivity contribution in [3.05, 3.63) is 36.2 Å². The lowest BCUT2D eigenvalue weighted by atomic mass is 10.2. The second kappa shape index (κ2) is 6.35. The summed E-state index contributed by atoms with van der Waals surface area (Å²) in [5.41, 5.74) is 2.79. The molecule has 1 heterocycles. The van der Waals surface area contributed by atoms with Gasteiger partial charge in [-0.3, -0.25) is 9.97 Å². The molecule has 18 heavy (non-hydrogen) atoms. The monoisotopic (exact) mass is 251 g/mol. The molecule has 2 aromatic rings. The van der Waals surface area contributed by atoms with E-state index in [2.05, 4.69) is 15.3 Å². The van der Waals surface area contributed by atoms with Gasteiger partial charge in [-0.15, -0.1) is 0 Å². The highest BCUT2D eigenvalue weighted by Gasteiger charge is 2.01. The van der Waals surface area contributed by atoms with Gasteiger partial charge in [-0.05, 0) is 30.7 Å². The van der Waals surface area contributed by atoms with E-state index in [4.69, 9.17) is 0 Å². The van der Waals surface area contributed by atoms with E-state index in [1.165, 1.54) is 0 Å². The van der Waals surface area contributed by atoms with Crippen LogP contribution in [0.4, 0.5) is 8.78 Å². The lowest BCUT2D eigenvalue weighted by Crippen LogP contribution is -2.15. The Balaban J connectivity index is 1.84. The Morgan fingerprint density at radius 1 is 1.11 bits per heavy atom. The van der Waals surface area contributed by atoms with Crippen molar-refractivity contribution in [2.45, 2.75) is 25.8 Å². The Kier molecular flexibility index (Phi) is 4.52. The number of benzene rings is 1. The topological polar surface area (TPSA) is 37.8 Å². The van der Waals surface area contributed by atoms with Gasteiger partial charge in [-0.1, -0.05) is 6.07 Å². The van der Waals surface area contributed by atoms with E-state index in [0.29, 0.717) is 19.5 Å². The Morgan fingerprint density at radius 3 is 2.67 bits per heavy atom. The zero-order chi connectivity index (χ0) is 12.8. The molecule has 0 unspecified atom stereocenters. The molecule has 0 saturated heterocycles. The second-order valence-electron chi connectivity index (χ2n) is 4.09. The summed E-state index contributed by atoms with van der Waals surface area (Å²) in [7, 11) is 0. The van der Waals surface area contributed by atoms with Gasteiger partial charge in [0.05, 0.1) is 11.0 Å². The number of fused-ring (bicyclic) bond motifs is 1. The predicted molar refractivity (Wildman–Crippen MR) is 66.5 cm³/mol. The molecule has 1 aromatic heterocycles. The van der Waals surface area contributed by atoms with Crippen molar-refractivity contribution in [1.29, 1.82) is 0 Å². The molecular formula is C13H15F2N3. The van der Waals surface area contributed by atoms with Gasteiger partial charge in [0.15, 0.2) is 0 Å². The van der Waals surface area contributed by atoms with E-state index >= 15 is 0 Å². The molecule has 2 rings (SSSR count). The lowest BCUT2D eigenvalue weighted by molar-refractivity contribution is 0.135. The van der Waals surface area contributed by atoms with Crippen LogP contribution in [-0.4, -0.2) is 22.9 Å². The molecule has 0 amide bonds. The minimum atomic E-state index is -2.21. The van der Waals surface area contributed by atoms with Crippen LogP contribution in [0.25, 0.3) is 11.0 Å². The minimum Gasteiger partial charge on any atom is -0.313 e. The van der Waals surface area contributed by atoms with Crippen molar-refractivity contribution in [3.8, 4) is 0 Å². The summed E-state index contributed by atoms with van der Waals surface area (Å²) in [6.45, 7) is 1.26. The highest BCUT2D eigenvalue weighted by Crippen LogP contribution is 2.10. The molecule has 3 nitrogen and oxygen atoms in total. The first-order chi connectivity index (χ1) is 8.75. The number of alkyl halides is 2. The summed E-state index contributed by atoms with van der Waals surface area (Å²) in [5, 5.41) is 3.14. The first-order valence-electron chi connectivity index (χ1n) is 5.94. The number of nitrogens with zero attached hydrogens (tertiary/aromatic N) is 2. The van der Waals surface area contributed by atoms with E-state index in [9.17, 15) is 8.78 Å². The fourth-order valence-electron chi connectivity index (χ4n) is 1.73. The van der Waals surface area contributed by atoms with E-state index in [1.54, 1.807) is 12.4 Å². The van der Waals surface area contributed by atoms with E-state index in [-0.39, 0.29) is 6.42 Å². The fourth-order valence-corrected chi connectivity index (χ4v) is 1.73. The van der Waals surface area contributed by atoms with Gasteiger partial charge in [-0.25, -0.2) is 8.78 Å². The summed E-state index contributed by atoms with van der Waals surface area (Å²) in [5.74, 6) is 0. The molecule has 0 fully saturated rings. The fraction of sp³-hybridized carbons (Fsp3) is 0.385.